The lowest BCUT2D eigenvalue weighted by Gasteiger charge is -2.14. The first-order chi connectivity index (χ1) is 11.3. The van der Waals surface area contributed by atoms with Gasteiger partial charge in [0.2, 0.25) is 5.83 Å². The lowest BCUT2D eigenvalue weighted by molar-refractivity contribution is -0.134. The molecule has 2 aromatic rings. The normalized spacial score (nSPS) is 11.3. The molecule has 4 nitrogen and oxygen atoms in total. The van der Waals surface area contributed by atoms with E-state index in [0.717, 1.165) is 17.8 Å². The zero-order valence-electron chi connectivity index (χ0n) is 12.9. The van der Waals surface area contributed by atoms with Gasteiger partial charge in [0.25, 0.3) is 0 Å². The minimum Gasteiger partial charge on any atom is -0.476 e. The SMILES string of the molecule is CN(C)c1cccc(Oc2c(F)cc(/C=C(/F)C(=O)O)cc2F)c1. The van der Waals surface area contributed by atoms with Crippen molar-refractivity contribution in [2.45, 2.75) is 0 Å². The third kappa shape index (κ3) is 4.07. The van der Waals surface area contributed by atoms with Crippen molar-refractivity contribution in [3.63, 3.8) is 0 Å². The molecule has 0 aromatic heterocycles. The third-order valence-corrected chi connectivity index (χ3v) is 3.07. The molecule has 0 heterocycles. The summed E-state index contributed by atoms with van der Waals surface area (Å²) >= 11 is 0. The summed E-state index contributed by atoms with van der Waals surface area (Å²) in [6, 6.07) is 8.16. The predicted octanol–water partition coefficient (Wildman–Crippen LogP) is 4.22. The number of rotatable bonds is 5. The molecule has 0 saturated carbocycles. The molecule has 2 rings (SSSR count). The van der Waals surface area contributed by atoms with Gasteiger partial charge in [0.1, 0.15) is 5.75 Å². The average Bonchev–Trinajstić information content (AvgIpc) is 2.51. The Hall–Kier alpha value is -2.96. The quantitative estimate of drug-likeness (QED) is 0.830. The average molecular weight is 337 g/mol. The number of hydrogen-bond acceptors (Lipinski definition) is 3. The van der Waals surface area contributed by atoms with Gasteiger partial charge < -0.3 is 14.7 Å². The molecular weight excluding hydrogens is 323 g/mol. The molecule has 24 heavy (non-hydrogen) atoms. The van der Waals surface area contributed by atoms with Gasteiger partial charge >= 0.3 is 5.97 Å². The molecule has 0 fully saturated rings. The Kier molecular flexibility index (Phi) is 5.13. The molecule has 0 aliphatic carbocycles. The van der Waals surface area contributed by atoms with Crippen molar-refractivity contribution < 1.29 is 27.8 Å². The van der Waals surface area contributed by atoms with E-state index in [2.05, 4.69) is 0 Å². The van der Waals surface area contributed by atoms with Gasteiger partial charge in [-0.25, -0.2) is 13.6 Å². The van der Waals surface area contributed by atoms with Gasteiger partial charge in [-0.3, -0.25) is 0 Å². The van der Waals surface area contributed by atoms with Crippen molar-refractivity contribution in [1.29, 1.82) is 0 Å². The summed E-state index contributed by atoms with van der Waals surface area (Å²) < 4.78 is 46.3. The molecule has 0 radical (unpaired) electrons. The van der Waals surface area contributed by atoms with Crippen LogP contribution in [-0.4, -0.2) is 25.2 Å². The van der Waals surface area contributed by atoms with Crippen LogP contribution in [0.3, 0.4) is 0 Å². The maximum Gasteiger partial charge on any atom is 0.364 e. The third-order valence-electron chi connectivity index (χ3n) is 3.07. The zero-order valence-corrected chi connectivity index (χ0v) is 12.9. The molecule has 0 aliphatic heterocycles. The lowest BCUT2D eigenvalue weighted by atomic mass is 10.1. The second-order valence-electron chi connectivity index (χ2n) is 5.10. The number of carbonyl (C=O) groups is 1. The lowest BCUT2D eigenvalue weighted by Crippen LogP contribution is -2.08. The monoisotopic (exact) mass is 337 g/mol. The van der Waals surface area contributed by atoms with E-state index in [4.69, 9.17) is 9.84 Å². The molecule has 0 spiro atoms. The minimum atomic E-state index is -1.82. The van der Waals surface area contributed by atoms with Crippen LogP contribution in [0.2, 0.25) is 0 Å². The van der Waals surface area contributed by atoms with Crippen LogP contribution in [0.15, 0.2) is 42.2 Å². The Labute approximate surface area is 136 Å². The van der Waals surface area contributed by atoms with Crippen LogP contribution < -0.4 is 9.64 Å². The summed E-state index contributed by atoms with van der Waals surface area (Å²) in [6.45, 7) is 0. The first-order valence-corrected chi connectivity index (χ1v) is 6.82. The first kappa shape index (κ1) is 17.4. The van der Waals surface area contributed by atoms with Crippen LogP contribution in [0.5, 0.6) is 11.5 Å². The molecule has 0 amide bonds. The van der Waals surface area contributed by atoms with E-state index in [9.17, 15) is 18.0 Å². The summed E-state index contributed by atoms with van der Waals surface area (Å²) in [5.74, 6) is -5.93. The van der Waals surface area contributed by atoms with E-state index >= 15 is 0 Å². The fourth-order valence-electron chi connectivity index (χ4n) is 1.91. The van der Waals surface area contributed by atoms with Gasteiger partial charge in [0.05, 0.1) is 0 Å². The number of hydrogen-bond donors (Lipinski definition) is 1. The highest BCUT2D eigenvalue weighted by Crippen LogP contribution is 2.31. The summed E-state index contributed by atoms with van der Waals surface area (Å²) in [5.41, 5.74) is 0.510. The molecule has 1 N–H and O–H groups in total. The van der Waals surface area contributed by atoms with E-state index in [1.807, 2.05) is 0 Å². The maximum atomic E-state index is 14.0. The smallest absolute Gasteiger partial charge is 0.364 e. The Morgan fingerprint density at radius 3 is 2.33 bits per heavy atom. The van der Waals surface area contributed by atoms with Crippen LogP contribution >= 0.6 is 0 Å². The molecule has 0 atom stereocenters. The van der Waals surface area contributed by atoms with Crippen molar-refractivity contribution in [3.05, 3.63) is 59.4 Å². The number of ether oxygens (including phenoxy) is 1. The second kappa shape index (κ2) is 7.08. The minimum absolute atomic E-state index is 0.221. The molecule has 0 saturated heterocycles. The summed E-state index contributed by atoms with van der Waals surface area (Å²) in [6.07, 6.45) is 0.519. The standard InChI is InChI=1S/C17H14F3NO3/c1-21(2)11-4-3-5-12(9-11)24-16-13(18)6-10(7-14(16)19)8-15(20)17(22)23/h3-9H,1-2H3,(H,22,23)/b15-8+. The zero-order chi connectivity index (χ0) is 17.9. The molecule has 0 unspecified atom stereocenters. The number of anilines is 1. The van der Waals surface area contributed by atoms with Crippen LogP contribution in [0, 0.1) is 11.6 Å². The molecule has 0 bridgehead atoms. The van der Waals surface area contributed by atoms with E-state index in [0.29, 0.717) is 6.08 Å². The van der Waals surface area contributed by atoms with E-state index in [1.54, 1.807) is 37.2 Å². The Morgan fingerprint density at radius 1 is 1.17 bits per heavy atom. The van der Waals surface area contributed by atoms with Gasteiger partial charge in [0, 0.05) is 25.8 Å². The summed E-state index contributed by atoms with van der Waals surface area (Å²) in [5, 5.41) is 8.44. The van der Waals surface area contributed by atoms with Crippen molar-refractivity contribution in [3.8, 4) is 11.5 Å². The molecule has 126 valence electrons. The number of carboxylic acids is 1. The first-order valence-electron chi connectivity index (χ1n) is 6.82. The number of halogens is 3. The highest BCUT2D eigenvalue weighted by Gasteiger charge is 2.15. The number of aliphatic carboxylic acids is 1. The molecule has 0 aliphatic rings. The van der Waals surface area contributed by atoms with Gasteiger partial charge in [-0.2, -0.15) is 4.39 Å². The van der Waals surface area contributed by atoms with E-state index in [-0.39, 0.29) is 11.3 Å². The summed E-state index contributed by atoms with van der Waals surface area (Å²) in [7, 11) is 3.61. The fraction of sp³-hybridized carbons (Fsp3) is 0.118. The van der Waals surface area contributed by atoms with Crippen LogP contribution in [0.25, 0.3) is 6.08 Å². The van der Waals surface area contributed by atoms with Crippen LogP contribution in [-0.2, 0) is 4.79 Å². The van der Waals surface area contributed by atoms with Crippen LogP contribution in [0.1, 0.15) is 5.56 Å². The molecular formula is C17H14F3NO3. The largest absolute Gasteiger partial charge is 0.476 e. The van der Waals surface area contributed by atoms with Crippen molar-refractivity contribution in [1.82, 2.24) is 0 Å². The van der Waals surface area contributed by atoms with E-state index < -0.39 is 29.2 Å². The van der Waals surface area contributed by atoms with Gasteiger partial charge in [-0.05, 0) is 35.9 Å². The molecule has 7 heteroatoms. The number of nitrogens with zero attached hydrogens (tertiary/aromatic N) is 1. The Balaban J connectivity index is 2.34. The highest BCUT2D eigenvalue weighted by molar-refractivity contribution is 5.89. The number of benzene rings is 2. The maximum absolute atomic E-state index is 14.0. The second-order valence-corrected chi connectivity index (χ2v) is 5.10. The molecule has 2 aromatic carbocycles. The fourth-order valence-corrected chi connectivity index (χ4v) is 1.91. The Morgan fingerprint density at radius 2 is 1.79 bits per heavy atom. The summed E-state index contributed by atoms with van der Waals surface area (Å²) in [4.78, 5) is 12.2. The number of carboxylic acid groups (broad SMARTS) is 1. The van der Waals surface area contributed by atoms with Crippen molar-refractivity contribution in [2.24, 2.45) is 0 Å². The van der Waals surface area contributed by atoms with Gasteiger partial charge in [-0.1, -0.05) is 6.07 Å². The van der Waals surface area contributed by atoms with Crippen molar-refractivity contribution in [2.75, 3.05) is 19.0 Å². The topological polar surface area (TPSA) is 49.8 Å². The Bertz CT molecular complexity index is 780. The van der Waals surface area contributed by atoms with Gasteiger partial charge in [0.15, 0.2) is 17.4 Å². The van der Waals surface area contributed by atoms with Gasteiger partial charge in [-0.15, -0.1) is 0 Å². The predicted molar refractivity (Wildman–Crippen MR) is 83.9 cm³/mol. The highest BCUT2D eigenvalue weighted by atomic mass is 19.1. The van der Waals surface area contributed by atoms with E-state index in [1.165, 1.54) is 6.07 Å². The van der Waals surface area contributed by atoms with Crippen molar-refractivity contribution >= 4 is 17.7 Å². The van der Waals surface area contributed by atoms with Crippen LogP contribution in [0.4, 0.5) is 18.9 Å².